The Morgan fingerprint density at radius 2 is 2.12 bits per heavy atom. The molecule has 0 aromatic heterocycles. The first-order chi connectivity index (χ1) is 8.06. The summed E-state index contributed by atoms with van der Waals surface area (Å²) in [7, 11) is 0. The number of hydrogen-bond donors (Lipinski definition) is 2. The highest BCUT2D eigenvalue weighted by Crippen LogP contribution is 2.27. The molecule has 0 aliphatic heterocycles. The fourth-order valence-electron chi connectivity index (χ4n) is 2.39. The van der Waals surface area contributed by atoms with Crippen molar-refractivity contribution < 1.29 is 9.90 Å². The minimum absolute atomic E-state index is 0.404. The van der Waals surface area contributed by atoms with E-state index in [2.05, 4.69) is 19.2 Å². The highest BCUT2D eigenvalue weighted by atomic mass is 16.4. The van der Waals surface area contributed by atoms with Crippen LogP contribution in [0.3, 0.4) is 0 Å². The standard InChI is InChI=1S/C14H19NO2/c1-9(2)15-8-10-5-11-3-4-12(14(16)17)7-13(11)6-10/h3-4,7,9-10,15H,5-6,8H2,1-2H3,(H,16,17). The maximum absolute atomic E-state index is 10.9. The zero-order valence-electron chi connectivity index (χ0n) is 10.4. The van der Waals surface area contributed by atoms with Gasteiger partial charge in [0, 0.05) is 6.04 Å². The van der Waals surface area contributed by atoms with E-state index >= 15 is 0 Å². The van der Waals surface area contributed by atoms with Gasteiger partial charge in [-0.25, -0.2) is 4.79 Å². The highest BCUT2D eigenvalue weighted by Gasteiger charge is 2.22. The zero-order valence-corrected chi connectivity index (χ0v) is 10.4. The summed E-state index contributed by atoms with van der Waals surface area (Å²) < 4.78 is 0. The van der Waals surface area contributed by atoms with Crippen molar-refractivity contribution in [2.24, 2.45) is 5.92 Å². The lowest BCUT2D eigenvalue weighted by molar-refractivity contribution is 0.0697. The topological polar surface area (TPSA) is 49.3 Å². The lowest BCUT2D eigenvalue weighted by atomic mass is 10.1. The Labute approximate surface area is 102 Å². The van der Waals surface area contributed by atoms with Gasteiger partial charge >= 0.3 is 5.97 Å². The number of rotatable bonds is 4. The fraction of sp³-hybridized carbons (Fsp3) is 0.500. The molecule has 2 rings (SSSR count). The van der Waals surface area contributed by atoms with E-state index in [1.165, 1.54) is 11.1 Å². The number of carboxylic acid groups (broad SMARTS) is 1. The van der Waals surface area contributed by atoms with Gasteiger partial charge in [0.15, 0.2) is 0 Å². The van der Waals surface area contributed by atoms with Crippen molar-refractivity contribution in [3.63, 3.8) is 0 Å². The molecule has 0 saturated carbocycles. The summed E-state index contributed by atoms with van der Waals surface area (Å²) in [6.07, 6.45) is 2.06. The van der Waals surface area contributed by atoms with Crippen LogP contribution in [0.25, 0.3) is 0 Å². The lowest BCUT2D eigenvalue weighted by Crippen LogP contribution is -2.29. The molecule has 1 atom stereocenters. The van der Waals surface area contributed by atoms with Crippen LogP contribution in [0.15, 0.2) is 18.2 Å². The molecule has 0 spiro atoms. The number of benzene rings is 1. The van der Waals surface area contributed by atoms with Gasteiger partial charge in [0.1, 0.15) is 0 Å². The lowest BCUT2D eigenvalue weighted by Gasteiger charge is -2.12. The van der Waals surface area contributed by atoms with E-state index < -0.39 is 5.97 Å². The Bertz CT molecular complexity index is 426. The third-order valence-corrected chi connectivity index (χ3v) is 3.29. The summed E-state index contributed by atoms with van der Waals surface area (Å²) >= 11 is 0. The van der Waals surface area contributed by atoms with Gasteiger partial charge in [-0.15, -0.1) is 0 Å². The van der Waals surface area contributed by atoms with Gasteiger partial charge in [-0.3, -0.25) is 0 Å². The first-order valence-corrected chi connectivity index (χ1v) is 6.14. The molecule has 0 fully saturated rings. The molecule has 92 valence electrons. The van der Waals surface area contributed by atoms with Gasteiger partial charge < -0.3 is 10.4 Å². The van der Waals surface area contributed by atoms with Crippen molar-refractivity contribution in [3.05, 3.63) is 34.9 Å². The summed E-state index contributed by atoms with van der Waals surface area (Å²) in [5, 5.41) is 12.4. The van der Waals surface area contributed by atoms with Crippen LogP contribution < -0.4 is 5.32 Å². The minimum Gasteiger partial charge on any atom is -0.478 e. The maximum Gasteiger partial charge on any atom is 0.335 e. The molecule has 1 unspecified atom stereocenters. The number of nitrogens with one attached hydrogen (secondary N) is 1. The van der Waals surface area contributed by atoms with Crippen LogP contribution in [-0.2, 0) is 12.8 Å². The second-order valence-electron chi connectivity index (χ2n) is 5.13. The van der Waals surface area contributed by atoms with E-state index in [0.717, 1.165) is 19.4 Å². The molecule has 3 nitrogen and oxygen atoms in total. The molecular weight excluding hydrogens is 214 g/mol. The van der Waals surface area contributed by atoms with Crippen LogP contribution in [0.2, 0.25) is 0 Å². The summed E-state index contributed by atoms with van der Waals surface area (Å²) in [5.41, 5.74) is 2.92. The van der Waals surface area contributed by atoms with Crippen molar-refractivity contribution in [1.29, 1.82) is 0 Å². The third kappa shape index (κ3) is 2.86. The molecule has 1 aliphatic rings. The largest absolute Gasteiger partial charge is 0.478 e. The van der Waals surface area contributed by atoms with Gasteiger partial charge in [-0.1, -0.05) is 19.9 Å². The number of carbonyl (C=O) groups is 1. The molecule has 0 heterocycles. The Hall–Kier alpha value is -1.35. The predicted molar refractivity (Wildman–Crippen MR) is 67.4 cm³/mol. The maximum atomic E-state index is 10.9. The van der Waals surface area contributed by atoms with Crippen LogP contribution in [0.5, 0.6) is 0 Å². The van der Waals surface area contributed by atoms with Crippen LogP contribution in [0.4, 0.5) is 0 Å². The predicted octanol–water partition coefficient (Wildman–Crippen LogP) is 2.10. The Kier molecular flexibility index (Phi) is 3.48. The molecule has 1 aromatic carbocycles. The van der Waals surface area contributed by atoms with Crippen LogP contribution >= 0.6 is 0 Å². The Morgan fingerprint density at radius 3 is 2.76 bits per heavy atom. The smallest absolute Gasteiger partial charge is 0.335 e. The minimum atomic E-state index is -0.837. The Balaban J connectivity index is 2.04. The molecular formula is C14H19NO2. The van der Waals surface area contributed by atoms with E-state index in [1.54, 1.807) is 6.07 Å². The second-order valence-corrected chi connectivity index (χ2v) is 5.13. The molecule has 0 bridgehead atoms. The van der Waals surface area contributed by atoms with Crippen molar-refractivity contribution in [2.45, 2.75) is 32.7 Å². The van der Waals surface area contributed by atoms with Crippen LogP contribution in [0.1, 0.15) is 35.3 Å². The fourth-order valence-corrected chi connectivity index (χ4v) is 2.39. The van der Waals surface area contributed by atoms with E-state index in [9.17, 15) is 4.79 Å². The number of carboxylic acids is 1. The molecule has 3 heteroatoms. The van der Waals surface area contributed by atoms with Gasteiger partial charge in [-0.05, 0) is 48.6 Å². The number of hydrogen-bond acceptors (Lipinski definition) is 2. The molecule has 0 amide bonds. The summed E-state index contributed by atoms with van der Waals surface area (Å²) in [6.45, 7) is 5.30. The molecule has 17 heavy (non-hydrogen) atoms. The molecule has 0 saturated heterocycles. The van der Waals surface area contributed by atoms with Crippen LogP contribution in [0, 0.1) is 5.92 Å². The zero-order chi connectivity index (χ0) is 12.4. The summed E-state index contributed by atoms with van der Waals surface area (Å²) in [6, 6.07) is 6.01. The summed E-state index contributed by atoms with van der Waals surface area (Å²) in [5.74, 6) is -0.229. The van der Waals surface area contributed by atoms with Crippen molar-refractivity contribution in [2.75, 3.05) is 6.54 Å². The van der Waals surface area contributed by atoms with Gasteiger partial charge in [0.25, 0.3) is 0 Å². The molecule has 1 aromatic rings. The Morgan fingerprint density at radius 1 is 1.41 bits per heavy atom. The SMILES string of the molecule is CC(C)NCC1Cc2ccc(C(=O)O)cc2C1. The summed E-state index contributed by atoms with van der Waals surface area (Å²) in [4.78, 5) is 10.9. The van der Waals surface area contributed by atoms with Crippen molar-refractivity contribution in [1.82, 2.24) is 5.32 Å². The van der Waals surface area contributed by atoms with E-state index in [-0.39, 0.29) is 0 Å². The second kappa shape index (κ2) is 4.88. The molecule has 0 radical (unpaired) electrons. The van der Waals surface area contributed by atoms with E-state index in [1.807, 2.05) is 12.1 Å². The van der Waals surface area contributed by atoms with Gasteiger partial charge in [0.2, 0.25) is 0 Å². The highest BCUT2D eigenvalue weighted by molar-refractivity contribution is 5.88. The van der Waals surface area contributed by atoms with E-state index in [0.29, 0.717) is 17.5 Å². The number of fused-ring (bicyclic) bond motifs is 1. The monoisotopic (exact) mass is 233 g/mol. The first-order valence-electron chi connectivity index (χ1n) is 6.14. The average molecular weight is 233 g/mol. The molecule has 1 aliphatic carbocycles. The van der Waals surface area contributed by atoms with Gasteiger partial charge in [-0.2, -0.15) is 0 Å². The van der Waals surface area contributed by atoms with Crippen LogP contribution in [-0.4, -0.2) is 23.7 Å². The normalized spacial score (nSPS) is 18.4. The average Bonchev–Trinajstić information content (AvgIpc) is 2.67. The number of aromatic carboxylic acids is 1. The molecule has 2 N–H and O–H groups in total. The van der Waals surface area contributed by atoms with Gasteiger partial charge in [0.05, 0.1) is 5.56 Å². The third-order valence-electron chi connectivity index (χ3n) is 3.29. The van der Waals surface area contributed by atoms with Crippen molar-refractivity contribution in [3.8, 4) is 0 Å². The quantitative estimate of drug-likeness (QED) is 0.837. The van der Waals surface area contributed by atoms with Crippen molar-refractivity contribution >= 4 is 5.97 Å². The first kappa shape index (κ1) is 12.1. The van der Waals surface area contributed by atoms with E-state index in [4.69, 9.17) is 5.11 Å².